The Kier molecular flexibility index (Phi) is 5.99. The summed E-state index contributed by atoms with van der Waals surface area (Å²) in [5.41, 5.74) is 3.15. The molecular formula is C23H25N3O3S. The van der Waals surface area contributed by atoms with Crippen LogP contribution in [0.4, 0.5) is 0 Å². The van der Waals surface area contributed by atoms with Crippen molar-refractivity contribution < 1.29 is 14.0 Å². The fourth-order valence-corrected chi connectivity index (χ4v) is 4.51. The topological polar surface area (TPSA) is 75.4 Å². The summed E-state index contributed by atoms with van der Waals surface area (Å²) in [6, 6.07) is 10.0. The van der Waals surface area contributed by atoms with Crippen LogP contribution in [-0.4, -0.2) is 33.8 Å². The normalized spacial score (nSPS) is 18.5. The van der Waals surface area contributed by atoms with E-state index in [1.54, 1.807) is 11.3 Å². The number of carbonyl (C=O) groups is 2. The Bertz CT molecular complexity index is 1000. The van der Waals surface area contributed by atoms with Crippen LogP contribution >= 0.6 is 11.3 Å². The molecule has 0 spiro atoms. The SMILES string of the molecule is CC1CCC(C)N1C(=O)c1coc(-c2ccc(CNC(=O)Cc3ccsc3)cc2)n1. The molecule has 2 aromatic heterocycles. The first-order chi connectivity index (χ1) is 14.5. The number of carbonyl (C=O) groups excluding carboxylic acids is 2. The van der Waals surface area contributed by atoms with Crippen LogP contribution in [0.3, 0.4) is 0 Å². The molecule has 0 saturated carbocycles. The van der Waals surface area contributed by atoms with Gasteiger partial charge in [-0.15, -0.1) is 0 Å². The first-order valence-corrected chi connectivity index (χ1v) is 11.1. The van der Waals surface area contributed by atoms with Crippen molar-refractivity contribution >= 4 is 23.2 Å². The summed E-state index contributed by atoms with van der Waals surface area (Å²) in [5.74, 6) is 0.344. The van der Waals surface area contributed by atoms with E-state index >= 15 is 0 Å². The number of nitrogens with one attached hydrogen (secondary N) is 1. The average molecular weight is 424 g/mol. The van der Waals surface area contributed by atoms with Gasteiger partial charge in [-0.25, -0.2) is 4.98 Å². The fourth-order valence-electron chi connectivity index (χ4n) is 3.84. The molecule has 0 radical (unpaired) electrons. The number of benzene rings is 1. The zero-order valence-corrected chi connectivity index (χ0v) is 17.9. The van der Waals surface area contributed by atoms with Crippen LogP contribution in [0.1, 0.15) is 48.3 Å². The van der Waals surface area contributed by atoms with Crippen molar-refractivity contribution in [2.45, 2.75) is 51.7 Å². The molecule has 4 rings (SSSR count). The molecule has 0 bridgehead atoms. The number of rotatable bonds is 6. The molecule has 2 amide bonds. The van der Waals surface area contributed by atoms with E-state index in [4.69, 9.17) is 4.42 Å². The zero-order chi connectivity index (χ0) is 21.1. The monoisotopic (exact) mass is 423 g/mol. The number of thiophene rings is 1. The molecule has 3 heterocycles. The maximum atomic E-state index is 12.8. The molecule has 1 saturated heterocycles. The van der Waals surface area contributed by atoms with Crippen LogP contribution in [0.25, 0.3) is 11.5 Å². The van der Waals surface area contributed by atoms with E-state index < -0.39 is 0 Å². The third-order valence-electron chi connectivity index (χ3n) is 5.55. The summed E-state index contributed by atoms with van der Waals surface area (Å²) in [6.07, 6.45) is 3.86. The minimum absolute atomic E-state index is 0.00120. The van der Waals surface area contributed by atoms with Gasteiger partial charge in [0, 0.05) is 24.2 Å². The predicted octanol–water partition coefficient (Wildman–Crippen LogP) is 4.28. The van der Waals surface area contributed by atoms with Gasteiger partial charge in [-0.1, -0.05) is 12.1 Å². The summed E-state index contributed by atoms with van der Waals surface area (Å²) in [4.78, 5) is 31.1. The molecule has 2 unspecified atom stereocenters. The highest BCUT2D eigenvalue weighted by Crippen LogP contribution is 2.26. The Balaban J connectivity index is 1.36. The Morgan fingerprint density at radius 2 is 1.87 bits per heavy atom. The van der Waals surface area contributed by atoms with Crippen molar-refractivity contribution in [3.05, 3.63) is 64.2 Å². The third kappa shape index (κ3) is 4.46. The molecule has 1 N–H and O–H groups in total. The van der Waals surface area contributed by atoms with Gasteiger partial charge in [0.05, 0.1) is 6.42 Å². The van der Waals surface area contributed by atoms with Crippen molar-refractivity contribution in [1.82, 2.24) is 15.2 Å². The summed E-state index contributed by atoms with van der Waals surface area (Å²) in [6.45, 7) is 4.60. The first-order valence-electron chi connectivity index (χ1n) is 10.2. The smallest absolute Gasteiger partial charge is 0.276 e. The van der Waals surface area contributed by atoms with Crippen LogP contribution < -0.4 is 5.32 Å². The molecule has 0 aliphatic carbocycles. The summed E-state index contributed by atoms with van der Waals surface area (Å²) >= 11 is 1.59. The molecule has 1 aliphatic rings. The largest absolute Gasteiger partial charge is 0.444 e. The molecule has 156 valence electrons. The van der Waals surface area contributed by atoms with E-state index in [2.05, 4.69) is 24.1 Å². The van der Waals surface area contributed by atoms with Gasteiger partial charge in [0.1, 0.15) is 6.26 Å². The molecule has 6 nitrogen and oxygen atoms in total. The van der Waals surface area contributed by atoms with Crippen LogP contribution in [-0.2, 0) is 17.8 Å². The molecule has 7 heteroatoms. The van der Waals surface area contributed by atoms with Gasteiger partial charge in [-0.2, -0.15) is 11.3 Å². The molecule has 1 aromatic carbocycles. The van der Waals surface area contributed by atoms with Crippen molar-refractivity contribution in [3.8, 4) is 11.5 Å². The second-order valence-corrected chi connectivity index (χ2v) is 8.59. The number of amides is 2. The second kappa shape index (κ2) is 8.83. The number of oxazole rings is 1. The van der Waals surface area contributed by atoms with Crippen LogP contribution in [0, 0.1) is 0 Å². The lowest BCUT2D eigenvalue weighted by atomic mass is 10.1. The quantitative estimate of drug-likeness (QED) is 0.642. The van der Waals surface area contributed by atoms with Gasteiger partial charge in [0.15, 0.2) is 5.69 Å². The third-order valence-corrected chi connectivity index (χ3v) is 6.28. The van der Waals surface area contributed by atoms with E-state index in [0.717, 1.165) is 29.5 Å². The molecule has 1 fully saturated rings. The van der Waals surface area contributed by atoms with Gasteiger partial charge in [0.25, 0.3) is 5.91 Å². The minimum atomic E-state index is -0.0764. The van der Waals surface area contributed by atoms with Crippen molar-refractivity contribution in [3.63, 3.8) is 0 Å². The lowest BCUT2D eigenvalue weighted by Crippen LogP contribution is -2.38. The van der Waals surface area contributed by atoms with E-state index in [1.807, 2.05) is 46.0 Å². The molecule has 2 atom stereocenters. The van der Waals surface area contributed by atoms with Gasteiger partial charge in [0.2, 0.25) is 11.8 Å². The van der Waals surface area contributed by atoms with Crippen LogP contribution in [0.2, 0.25) is 0 Å². The fraction of sp³-hybridized carbons (Fsp3) is 0.348. The molecule has 30 heavy (non-hydrogen) atoms. The van der Waals surface area contributed by atoms with Gasteiger partial charge in [-0.05, 0) is 66.8 Å². The van der Waals surface area contributed by atoms with Crippen molar-refractivity contribution in [2.24, 2.45) is 0 Å². The van der Waals surface area contributed by atoms with Gasteiger partial charge >= 0.3 is 0 Å². The van der Waals surface area contributed by atoms with Crippen molar-refractivity contribution in [2.75, 3.05) is 0 Å². The first kappa shape index (κ1) is 20.3. The van der Waals surface area contributed by atoms with E-state index in [9.17, 15) is 9.59 Å². The predicted molar refractivity (Wildman–Crippen MR) is 116 cm³/mol. The van der Waals surface area contributed by atoms with E-state index in [-0.39, 0.29) is 23.9 Å². The number of hydrogen-bond donors (Lipinski definition) is 1. The lowest BCUT2D eigenvalue weighted by Gasteiger charge is -2.25. The highest BCUT2D eigenvalue weighted by molar-refractivity contribution is 7.08. The Morgan fingerprint density at radius 1 is 1.13 bits per heavy atom. The van der Waals surface area contributed by atoms with Gasteiger partial charge in [-0.3, -0.25) is 9.59 Å². The maximum absolute atomic E-state index is 12.8. The number of nitrogens with zero attached hydrogens (tertiary/aromatic N) is 2. The van der Waals surface area contributed by atoms with Crippen molar-refractivity contribution in [1.29, 1.82) is 0 Å². The maximum Gasteiger partial charge on any atom is 0.276 e. The second-order valence-electron chi connectivity index (χ2n) is 7.81. The number of likely N-dealkylation sites (tertiary alicyclic amines) is 1. The van der Waals surface area contributed by atoms with E-state index in [1.165, 1.54) is 6.26 Å². The summed E-state index contributed by atoms with van der Waals surface area (Å²) < 4.78 is 5.57. The molecule has 3 aromatic rings. The van der Waals surface area contributed by atoms with Gasteiger partial charge < -0.3 is 14.6 Å². The highest BCUT2D eigenvalue weighted by atomic mass is 32.1. The number of hydrogen-bond acceptors (Lipinski definition) is 5. The van der Waals surface area contributed by atoms with Crippen LogP contribution in [0.5, 0.6) is 0 Å². The highest BCUT2D eigenvalue weighted by Gasteiger charge is 2.33. The van der Waals surface area contributed by atoms with Crippen LogP contribution in [0.15, 0.2) is 51.8 Å². The molecule has 1 aliphatic heterocycles. The Hall–Kier alpha value is -2.93. The number of aromatic nitrogens is 1. The zero-order valence-electron chi connectivity index (χ0n) is 17.1. The standard InChI is InChI=1S/C23H25N3O3S/c1-15-3-4-16(2)26(15)23(28)20-13-29-22(25-20)19-7-5-17(6-8-19)12-24-21(27)11-18-9-10-30-14-18/h5-10,13-16H,3-4,11-12H2,1-2H3,(H,24,27). The Morgan fingerprint density at radius 3 is 2.53 bits per heavy atom. The lowest BCUT2D eigenvalue weighted by molar-refractivity contribution is -0.120. The summed E-state index contributed by atoms with van der Waals surface area (Å²) in [5, 5.41) is 6.88. The Labute approximate surface area is 179 Å². The minimum Gasteiger partial charge on any atom is -0.444 e. The summed E-state index contributed by atoms with van der Waals surface area (Å²) in [7, 11) is 0. The van der Waals surface area contributed by atoms with E-state index in [0.29, 0.717) is 24.6 Å². The molecular weight excluding hydrogens is 398 g/mol. The average Bonchev–Trinajstić information content (AvgIpc) is 3.49.